The van der Waals surface area contributed by atoms with Gasteiger partial charge in [-0.3, -0.25) is 0 Å². The van der Waals surface area contributed by atoms with Gasteiger partial charge in [0.1, 0.15) is 0 Å². The molecule has 0 bridgehead atoms. The fourth-order valence-electron chi connectivity index (χ4n) is 0.554. The number of methoxy groups -OCH3 is 1. The molecule has 0 unspecified atom stereocenters. The topological polar surface area (TPSA) is 50.7 Å². The number of nitrogens with one attached hydrogen (secondary N) is 1. The average molecular weight is 184 g/mol. The molecular weight excluding hydrogens is 176 g/mol. The third kappa shape index (κ3) is 2.71. The van der Waals surface area contributed by atoms with E-state index in [-0.39, 0.29) is 0 Å². The van der Waals surface area contributed by atoms with E-state index in [2.05, 4.69) is 15.3 Å². The fraction of sp³-hybridized carbons (Fsp3) is 0.143. The number of amides is 1. The number of hydrogen-bond donors (Lipinski definition) is 1. The summed E-state index contributed by atoms with van der Waals surface area (Å²) in [4.78, 5) is 10.5. The molecule has 0 aliphatic carbocycles. The van der Waals surface area contributed by atoms with Crippen LogP contribution >= 0.6 is 11.3 Å². The van der Waals surface area contributed by atoms with Gasteiger partial charge >= 0.3 is 6.09 Å². The minimum Gasteiger partial charge on any atom is -0.452 e. The van der Waals surface area contributed by atoms with E-state index in [4.69, 9.17) is 0 Å². The summed E-state index contributed by atoms with van der Waals surface area (Å²) in [6, 6.07) is 1.90. The largest absolute Gasteiger partial charge is 0.452 e. The highest BCUT2D eigenvalue weighted by Gasteiger charge is 1.92. The van der Waals surface area contributed by atoms with Crippen molar-refractivity contribution in [2.24, 2.45) is 5.10 Å². The lowest BCUT2D eigenvalue weighted by atomic mass is 10.4. The molecule has 0 radical (unpaired) electrons. The average Bonchev–Trinajstić information content (AvgIpc) is 2.57. The minimum absolute atomic E-state index is 0.568. The molecule has 0 aliphatic rings. The normalized spacial score (nSPS) is 10.1. The van der Waals surface area contributed by atoms with Crippen LogP contribution in [0.1, 0.15) is 5.56 Å². The lowest BCUT2D eigenvalue weighted by Gasteiger charge is -1.93. The third-order valence-electron chi connectivity index (χ3n) is 1.10. The molecule has 64 valence electrons. The van der Waals surface area contributed by atoms with Crippen molar-refractivity contribution in [2.75, 3.05) is 7.11 Å². The molecule has 0 atom stereocenters. The standard InChI is InChI=1S/C7H8N2O2S/c1-11-7(10)9-8-4-6-2-3-12-5-6/h2-5H,1H3,(H,9,10)/b8-4+. The molecule has 0 aliphatic heterocycles. The van der Waals surface area contributed by atoms with Gasteiger partial charge in [0.15, 0.2) is 0 Å². The quantitative estimate of drug-likeness (QED) is 0.558. The first kappa shape index (κ1) is 8.73. The number of thiophene rings is 1. The number of ether oxygens (including phenoxy) is 1. The van der Waals surface area contributed by atoms with Crippen LogP contribution in [0.4, 0.5) is 4.79 Å². The summed E-state index contributed by atoms with van der Waals surface area (Å²) in [5.74, 6) is 0. The summed E-state index contributed by atoms with van der Waals surface area (Å²) in [6.07, 6.45) is 0.981. The lowest BCUT2D eigenvalue weighted by Crippen LogP contribution is -2.16. The SMILES string of the molecule is COC(=O)N/N=C/c1ccsc1. The van der Waals surface area contributed by atoms with Gasteiger partial charge in [0.2, 0.25) is 0 Å². The van der Waals surface area contributed by atoms with Crippen molar-refractivity contribution in [3.8, 4) is 0 Å². The van der Waals surface area contributed by atoms with E-state index < -0.39 is 6.09 Å². The van der Waals surface area contributed by atoms with Crippen LogP contribution in [0.3, 0.4) is 0 Å². The van der Waals surface area contributed by atoms with Crippen molar-refractivity contribution < 1.29 is 9.53 Å². The first-order valence-electron chi connectivity index (χ1n) is 3.22. The Morgan fingerprint density at radius 3 is 3.25 bits per heavy atom. The summed E-state index contributed by atoms with van der Waals surface area (Å²) in [7, 11) is 1.29. The van der Waals surface area contributed by atoms with E-state index in [0.29, 0.717) is 0 Å². The van der Waals surface area contributed by atoms with Crippen LogP contribution < -0.4 is 5.43 Å². The van der Waals surface area contributed by atoms with Gasteiger partial charge in [-0.1, -0.05) is 0 Å². The zero-order chi connectivity index (χ0) is 8.81. The molecule has 0 aromatic carbocycles. The molecule has 0 fully saturated rings. The Hall–Kier alpha value is -1.36. The van der Waals surface area contributed by atoms with Crippen molar-refractivity contribution in [1.29, 1.82) is 0 Å². The van der Waals surface area contributed by atoms with E-state index in [1.54, 1.807) is 17.6 Å². The molecule has 1 amide bonds. The molecule has 0 spiro atoms. The number of rotatable bonds is 2. The smallest absolute Gasteiger partial charge is 0.427 e. The number of hydrazone groups is 1. The predicted octanol–water partition coefficient (Wildman–Crippen LogP) is 1.44. The molecule has 1 rings (SSSR count). The first-order valence-corrected chi connectivity index (χ1v) is 4.16. The van der Waals surface area contributed by atoms with Crippen LogP contribution in [0.2, 0.25) is 0 Å². The Bertz CT molecular complexity index is 269. The molecule has 1 N–H and O–H groups in total. The highest BCUT2D eigenvalue weighted by atomic mass is 32.1. The van der Waals surface area contributed by atoms with Crippen molar-refractivity contribution >= 4 is 23.6 Å². The summed E-state index contributed by atoms with van der Waals surface area (Å²) in [5, 5.41) is 7.49. The van der Waals surface area contributed by atoms with Gasteiger partial charge in [-0.2, -0.15) is 16.4 Å². The van der Waals surface area contributed by atoms with E-state index in [1.807, 2.05) is 16.8 Å². The third-order valence-corrected chi connectivity index (χ3v) is 1.80. The van der Waals surface area contributed by atoms with Crippen LogP contribution in [0.25, 0.3) is 0 Å². The number of carbonyl (C=O) groups is 1. The molecule has 12 heavy (non-hydrogen) atoms. The van der Waals surface area contributed by atoms with Crippen molar-refractivity contribution in [3.63, 3.8) is 0 Å². The second kappa shape index (κ2) is 4.50. The lowest BCUT2D eigenvalue weighted by molar-refractivity contribution is 0.171. The van der Waals surface area contributed by atoms with Gasteiger partial charge in [-0.25, -0.2) is 10.2 Å². The fourth-order valence-corrected chi connectivity index (χ4v) is 1.16. The van der Waals surface area contributed by atoms with E-state index in [1.165, 1.54) is 7.11 Å². The molecule has 0 saturated heterocycles. The second-order valence-corrected chi connectivity index (χ2v) is 2.70. The van der Waals surface area contributed by atoms with Crippen molar-refractivity contribution in [1.82, 2.24) is 5.43 Å². The Morgan fingerprint density at radius 2 is 2.67 bits per heavy atom. The molecule has 5 heteroatoms. The number of carbonyl (C=O) groups excluding carboxylic acids is 1. The second-order valence-electron chi connectivity index (χ2n) is 1.92. The van der Waals surface area contributed by atoms with Crippen LogP contribution in [0.5, 0.6) is 0 Å². The van der Waals surface area contributed by atoms with Gasteiger partial charge in [-0.05, 0) is 16.8 Å². The maximum absolute atomic E-state index is 10.5. The first-order chi connectivity index (χ1) is 5.83. The molecule has 1 aromatic rings. The summed E-state index contributed by atoms with van der Waals surface area (Å²) in [6.45, 7) is 0. The molecule has 0 saturated carbocycles. The Balaban J connectivity index is 2.37. The maximum atomic E-state index is 10.5. The minimum atomic E-state index is -0.568. The van der Waals surface area contributed by atoms with Gasteiger partial charge < -0.3 is 4.74 Å². The van der Waals surface area contributed by atoms with Crippen LogP contribution in [0.15, 0.2) is 21.9 Å². The van der Waals surface area contributed by atoms with Crippen LogP contribution in [-0.4, -0.2) is 19.4 Å². The van der Waals surface area contributed by atoms with E-state index in [0.717, 1.165) is 5.56 Å². The monoisotopic (exact) mass is 184 g/mol. The molecule has 4 nitrogen and oxygen atoms in total. The highest BCUT2D eigenvalue weighted by Crippen LogP contribution is 2.01. The van der Waals surface area contributed by atoms with Gasteiger partial charge in [0, 0.05) is 5.56 Å². The zero-order valence-electron chi connectivity index (χ0n) is 6.48. The highest BCUT2D eigenvalue weighted by molar-refractivity contribution is 7.08. The maximum Gasteiger partial charge on any atom is 0.427 e. The Labute approximate surface area is 73.9 Å². The van der Waals surface area contributed by atoms with Gasteiger partial charge in [0.05, 0.1) is 13.3 Å². The molecular formula is C7H8N2O2S. The van der Waals surface area contributed by atoms with E-state index in [9.17, 15) is 4.79 Å². The van der Waals surface area contributed by atoms with Gasteiger partial charge in [0.25, 0.3) is 0 Å². The van der Waals surface area contributed by atoms with Crippen LogP contribution in [-0.2, 0) is 4.74 Å². The Morgan fingerprint density at radius 1 is 1.83 bits per heavy atom. The molecule has 1 heterocycles. The predicted molar refractivity (Wildman–Crippen MR) is 47.5 cm³/mol. The summed E-state index contributed by atoms with van der Waals surface area (Å²) in [5.41, 5.74) is 3.14. The van der Waals surface area contributed by atoms with Crippen molar-refractivity contribution in [3.05, 3.63) is 22.4 Å². The van der Waals surface area contributed by atoms with Gasteiger partial charge in [-0.15, -0.1) is 0 Å². The molecule has 1 aromatic heterocycles. The number of hydrogen-bond acceptors (Lipinski definition) is 4. The number of nitrogens with zero attached hydrogens (tertiary/aromatic N) is 1. The van der Waals surface area contributed by atoms with Crippen LogP contribution in [0, 0.1) is 0 Å². The van der Waals surface area contributed by atoms with E-state index >= 15 is 0 Å². The zero-order valence-corrected chi connectivity index (χ0v) is 7.30. The summed E-state index contributed by atoms with van der Waals surface area (Å²) < 4.78 is 4.31. The van der Waals surface area contributed by atoms with Crippen molar-refractivity contribution in [2.45, 2.75) is 0 Å². The summed E-state index contributed by atoms with van der Waals surface area (Å²) >= 11 is 1.57. The Kier molecular flexibility index (Phi) is 3.28.